The molecule has 0 spiro atoms. The van der Waals surface area contributed by atoms with Crippen LogP contribution in [0.1, 0.15) is 77.6 Å². The summed E-state index contributed by atoms with van der Waals surface area (Å²) < 4.78 is 5.39. The van der Waals surface area contributed by atoms with Crippen molar-refractivity contribution in [3.8, 4) is 0 Å². The van der Waals surface area contributed by atoms with Crippen LogP contribution in [0.15, 0.2) is 24.5 Å². The van der Waals surface area contributed by atoms with Crippen molar-refractivity contribution in [3.63, 3.8) is 0 Å². The third-order valence-corrected chi connectivity index (χ3v) is 3.90. The van der Waals surface area contributed by atoms with Crippen molar-refractivity contribution in [2.75, 3.05) is 0 Å². The standard InChI is InChI=1S/C18H32O2/c1-2-3-4-5-6-7-8-9-10-11-12-13-14-17-18(20-17)15-16-19/h9-10,15-19H,2-8,11-14H2,1H3/b10-9?,16-15-. The topological polar surface area (TPSA) is 32.8 Å². The predicted molar refractivity (Wildman–Crippen MR) is 86.0 cm³/mol. The second kappa shape index (κ2) is 12.0. The van der Waals surface area contributed by atoms with Crippen molar-refractivity contribution in [2.24, 2.45) is 0 Å². The molecule has 116 valence electrons. The summed E-state index contributed by atoms with van der Waals surface area (Å²) in [6.07, 6.45) is 22.4. The lowest BCUT2D eigenvalue weighted by Crippen LogP contribution is -1.90. The van der Waals surface area contributed by atoms with E-state index in [1.54, 1.807) is 6.08 Å². The molecular weight excluding hydrogens is 248 g/mol. The number of ether oxygens (including phenoxy) is 1. The minimum atomic E-state index is 0.184. The fourth-order valence-corrected chi connectivity index (χ4v) is 2.53. The van der Waals surface area contributed by atoms with Crippen LogP contribution < -0.4 is 0 Å². The first-order valence-corrected chi connectivity index (χ1v) is 8.49. The summed E-state index contributed by atoms with van der Waals surface area (Å²) in [5.74, 6) is 0. The third kappa shape index (κ3) is 9.19. The average molecular weight is 280 g/mol. The molecule has 0 aliphatic carbocycles. The summed E-state index contributed by atoms with van der Waals surface area (Å²) >= 11 is 0. The zero-order valence-electron chi connectivity index (χ0n) is 13.1. The van der Waals surface area contributed by atoms with Crippen LogP contribution in [-0.4, -0.2) is 17.3 Å². The molecule has 1 rings (SSSR count). The molecule has 2 unspecified atom stereocenters. The molecule has 20 heavy (non-hydrogen) atoms. The largest absolute Gasteiger partial charge is 0.516 e. The van der Waals surface area contributed by atoms with Crippen LogP contribution in [0.3, 0.4) is 0 Å². The Labute approximate surface area is 124 Å². The number of unbranched alkanes of at least 4 members (excludes halogenated alkanes) is 8. The van der Waals surface area contributed by atoms with Crippen molar-refractivity contribution in [1.82, 2.24) is 0 Å². The Morgan fingerprint density at radius 1 is 0.900 bits per heavy atom. The van der Waals surface area contributed by atoms with Gasteiger partial charge in [-0.05, 0) is 38.2 Å². The van der Waals surface area contributed by atoms with E-state index in [1.807, 2.05) is 0 Å². The minimum Gasteiger partial charge on any atom is -0.516 e. The van der Waals surface area contributed by atoms with Crippen LogP contribution in [0.25, 0.3) is 0 Å². The third-order valence-electron chi connectivity index (χ3n) is 3.90. The zero-order valence-corrected chi connectivity index (χ0v) is 13.1. The number of rotatable bonds is 13. The van der Waals surface area contributed by atoms with Crippen LogP contribution >= 0.6 is 0 Å². The van der Waals surface area contributed by atoms with Crippen LogP contribution in [0.2, 0.25) is 0 Å². The van der Waals surface area contributed by atoms with Crippen molar-refractivity contribution in [1.29, 1.82) is 0 Å². The van der Waals surface area contributed by atoms with E-state index in [-0.39, 0.29) is 6.10 Å². The van der Waals surface area contributed by atoms with Gasteiger partial charge in [-0.2, -0.15) is 0 Å². The summed E-state index contributed by atoms with van der Waals surface area (Å²) in [7, 11) is 0. The van der Waals surface area contributed by atoms with Gasteiger partial charge in [0.25, 0.3) is 0 Å². The van der Waals surface area contributed by atoms with E-state index in [4.69, 9.17) is 9.84 Å². The summed E-state index contributed by atoms with van der Waals surface area (Å²) in [5, 5.41) is 8.60. The molecule has 1 N–H and O–H groups in total. The summed E-state index contributed by atoms with van der Waals surface area (Å²) in [5.41, 5.74) is 0. The van der Waals surface area contributed by atoms with E-state index < -0.39 is 0 Å². The minimum absolute atomic E-state index is 0.184. The molecule has 0 radical (unpaired) electrons. The lowest BCUT2D eigenvalue weighted by Gasteiger charge is -1.98. The Balaban J connectivity index is 1.77. The van der Waals surface area contributed by atoms with Crippen molar-refractivity contribution in [2.45, 2.75) is 89.8 Å². The van der Waals surface area contributed by atoms with Crippen LogP contribution in [0.5, 0.6) is 0 Å². The lowest BCUT2D eigenvalue weighted by molar-refractivity contribution is 0.371. The van der Waals surface area contributed by atoms with Gasteiger partial charge in [-0.3, -0.25) is 0 Å². The Hall–Kier alpha value is -0.760. The number of hydrogen-bond acceptors (Lipinski definition) is 2. The van der Waals surface area contributed by atoms with Gasteiger partial charge in [-0.15, -0.1) is 0 Å². The molecule has 0 aromatic carbocycles. The molecule has 0 aromatic rings. The van der Waals surface area contributed by atoms with Gasteiger partial charge in [-0.25, -0.2) is 0 Å². The van der Waals surface area contributed by atoms with E-state index in [9.17, 15) is 0 Å². The number of epoxide rings is 1. The van der Waals surface area contributed by atoms with E-state index in [0.717, 1.165) is 12.7 Å². The fraction of sp³-hybridized carbons (Fsp3) is 0.778. The van der Waals surface area contributed by atoms with Gasteiger partial charge in [-0.1, -0.05) is 57.6 Å². The lowest BCUT2D eigenvalue weighted by atomic mass is 10.1. The van der Waals surface area contributed by atoms with Crippen molar-refractivity contribution >= 4 is 0 Å². The molecule has 2 heteroatoms. The zero-order chi connectivity index (χ0) is 14.5. The molecule has 1 aliphatic rings. The van der Waals surface area contributed by atoms with E-state index in [2.05, 4.69) is 19.1 Å². The maximum atomic E-state index is 8.60. The molecular formula is C18H32O2. The number of allylic oxidation sites excluding steroid dienone is 2. The highest BCUT2D eigenvalue weighted by molar-refractivity contribution is 4.99. The smallest absolute Gasteiger partial charge is 0.105 e. The molecule has 0 amide bonds. The van der Waals surface area contributed by atoms with Crippen molar-refractivity contribution in [3.05, 3.63) is 24.5 Å². The number of aliphatic hydroxyl groups excluding tert-OH is 1. The fourth-order valence-electron chi connectivity index (χ4n) is 2.53. The molecule has 0 bridgehead atoms. The maximum absolute atomic E-state index is 8.60. The van der Waals surface area contributed by atoms with Crippen molar-refractivity contribution < 1.29 is 9.84 Å². The van der Waals surface area contributed by atoms with Crippen LogP contribution in [-0.2, 0) is 4.74 Å². The first kappa shape index (κ1) is 17.3. The summed E-state index contributed by atoms with van der Waals surface area (Å²) in [6, 6.07) is 0. The SMILES string of the molecule is CCCCCCCCC=CCCCCC1OC1/C=C\O. The molecule has 1 heterocycles. The monoisotopic (exact) mass is 280 g/mol. The highest BCUT2D eigenvalue weighted by atomic mass is 16.6. The second-order valence-electron chi connectivity index (χ2n) is 5.79. The van der Waals surface area contributed by atoms with Gasteiger partial charge in [0, 0.05) is 0 Å². The van der Waals surface area contributed by atoms with Gasteiger partial charge in [0.1, 0.15) is 6.10 Å². The van der Waals surface area contributed by atoms with Gasteiger partial charge in [0.15, 0.2) is 0 Å². The first-order valence-electron chi connectivity index (χ1n) is 8.49. The maximum Gasteiger partial charge on any atom is 0.105 e. The number of hydrogen-bond donors (Lipinski definition) is 1. The Morgan fingerprint density at radius 3 is 2.25 bits per heavy atom. The van der Waals surface area contributed by atoms with Gasteiger partial charge < -0.3 is 9.84 Å². The summed E-state index contributed by atoms with van der Waals surface area (Å²) in [6.45, 7) is 2.27. The normalized spacial score (nSPS) is 22.1. The number of aliphatic hydroxyl groups is 1. The van der Waals surface area contributed by atoms with Gasteiger partial charge in [0.2, 0.25) is 0 Å². The Kier molecular flexibility index (Phi) is 10.4. The average Bonchev–Trinajstić information content (AvgIpc) is 3.19. The quantitative estimate of drug-likeness (QED) is 0.203. The highest BCUT2D eigenvalue weighted by Crippen LogP contribution is 2.28. The molecule has 0 saturated carbocycles. The molecule has 1 aliphatic heterocycles. The van der Waals surface area contributed by atoms with E-state index in [1.165, 1.54) is 64.2 Å². The molecule has 1 saturated heterocycles. The Bertz CT molecular complexity index is 271. The van der Waals surface area contributed by atoms with Crippen LogP contribution in [0.4, 0.5) is 0 Å². The molecule has 2 nitrogen and oxygen atoms in total. The van der Waals surface area contributed by atoms with E-state index >= 15 is 0 Å². The van der Waals surface area contributed by atoms with E-state index in [0.29, 0.717) is 6.10 Å². The molecule has 1 fully saturated rings. The van der Waals surface area contributed by atoms with Gasteiger partial charge >= 0.3 is 0 Å². The van der Waals surface area contributed by atoms with Gasteiger partial charge in [0.05, 0.1) is 12.4 Å². The second-order valence-corrected chi connectivity index (χ2v) is 5.79. The Morgan fingerprint density at radius 2 is 1.55 bits per heavy atom. The first-order chi connectivity index (χ1) is 9.88. The molecule has 0 aromatic heterocycles. The highest BCUT2D eigenvalue weighted by Gasteiger charge is 2.35. The summed E-state index contributed by atoms with van der Waals surface area (Å²) in [4.78, 5) is 0. The van der Waals surface area contributed by atoms with Crippen LogP contribution in [0, 0.1) is 0 Å². The predicted octanol–water partition coefficient (Wildman–Crippen LogP) is 5.69. The molecule has 2 atom stereocenters.